The Kier molecular flexibility index (Phi) is 8.08. The SMILES string of the molecule is CCCOC(=O)c1cccc(N2C(=O)C(Cl)=C(Nc3ccc(C(=O)Nc4ccccc4OC)cc3)C2=O)c1. The molecule has 38 heavy (non-hydrogen) atoms. The monoisotopic (exact) mass is 533 g/mol. The van der Waals surface area contributed by atoms with Gasteiger partial charge in [-0.15, -0.1) is 0 Å². The van der Waals surface area contributed by atoms with Crippen LogP contribution in [0.25, 0.3) is 0 Å². The molecule has 0 aromatic heterocycles. The third-order valence-corrected chi connectivity index (χ3v) is 5.93. The van der Waals surface area contributed by atoms with Gasteiger partial charge in [0.25, 0.3) is 17.7 Å². The van der Waals surface area contributed by atoms with Crippen LogP contribution in [0, 0.1) is 0 Å². The van der Waals surface area contributed by atoms with Gasteiger partial charge < -0.3 is 20.1 Å². The predicted molar refractivity (Wildman–Crippen MR) is 143 cm³/mol. The highest BCUT2D eigenvalue weighted by atomic mass is 35.5. The Balaban J connectivity index is 1.47. The first-order valence-corrected chi connectivity index (χ1v) is 12.1. The minimum atomic E-state index is -0.731. The zero-order valence-electron chi connectivity index (χ0n) is 20.6. The number of ether oxygens (including phenoxy) is 2. The molecule has 0 radical (unpaired) electrons. The molecule has 0 aliphatic carbocycles. The zero-order chi connectivity index (χ0) is 27.2. The van der Waals surface area contributed by atoms with Gasteiger partial charge in [0.1, 0.15) is 16.5 Å². The summed E-state index contributed by atoms with van der Waals surface area (Å²) in [5.74, 6) is -1.80. The molecule has 0 atom stereocenters. The summed E-state index contributed by atoms with van der Waals surface area (Å²) in [4.78, 5) is 51.7. The second kappa shape index (κ2) is 11.6. The Labute approximate surface area is 224 Å². The van der Waals surface area contributed by atoms with E-state index >= 15 is 0 Å². The fraction of sp³-hybridized carbons (Fsp3) is 0.143. The Hall–Kier alpha value is -4.63. The molecule has 3 amide bonds. The fourth-order valence-corrected chi connectivity index (χ4v) is 3.90. The average molecular weight is 534 g/mol. The van der Waals surface area contributed by atoms with Crippen LogP contribution in [0.3, 0.4) is 0 Å². The molecule has 0 unspecified atom stereocenters. The summed E-state index contributed by atoms with van der Waals surface area (Å²) >= 11 is 6.23. The number of hydrogen-bond acceptors (Lipinski definition) is 7. The molecule has 0 bridgehead atoms. The van der Waals surface area contributed by atoms with Crippen LogP contribution in [0.1, 0.15) is 34.1 Å². The van der Waals surface area contributed by atoms with Crippen molar-refractivity contribution >= 4 is 52.4 Å². The number of carbonyl (C=O) groups excluding carboxylic acids is 4. The van der Waals surface area contributed by atoms with Crippen molar-refractivity contribution in [2.24, 2.45) is 0 Å². The van der Waals surface area contributed by atoms with Crippen LogP contribution < -0.4 is 20.3 Å². The van der Waals surface area contributed by atoms with Gasteiger partial charge in [-0.2, -0.15) is 0 Å². The van der Waals surface area contributed by atoms with Gasteiger partial charge in [-0.3, -0.25) is 14.4 Å². The molecule has 1 aliphatic heterocycles. The van der Waals surface area contributed by atoms with Crippen LogP contribution in [0.15, 0.2) is 83.5 Å². The standard InChI is InChI=1S/C28H24ClN3O6/c1-3-15-38-28(36)18-7-6-8-20(16-18)32-26(34)23(29)24(27(32)35)30-19-13-11-17(12-14-19)25(33)31-21-9-4-5-10-22(21)37-2/h4-14,16,30H,3,15H2,1-2H3,(H,31,33). The summed E-state index contributed by atoms with van der Waals surface area (Å²) < 4.78 is 10.4. The maximum Gasteiger partial charge on any atom is 0.338 e. The van der Waals surface area contributed by atoms with Crippen molar-refractivity contribution in [2.75, 3.05) is 29.3 Å². The smallest absolute Gasteiger partial charge is 0.338 e. The molecule has 3 aromatic carbocycles. The van der Waals surface area contributed by atoms with E-state index in [2.05, 4.69) is 10.6 Å². The molecule has 3 aromatic rings. The first kappa shape index (κ1) is 26.4. The van der Waals surface area contributed by atoms with Crippen molar-refractivity contribution in [3.05, 3.63) is 94.7 Å². The van der Waals surface area contributed by atoms with Gasteiger partial charge in [0.05, 0.1) is 30.7 Å². The van der Waals surface area contributed by atoms with Crippen molar-refractivity contribution in [3.63, 3.8) is 0 Å². The molecule has 1 aliphatic rings. The van der Waals surface area contributed by atoms with E-state index in [1.807, 2.05) is 6.92 Å². The number of nitrogens with zero attached hydrogens (tertiary/aromatic N) is 1. The highest BCUT2D eigenvalue weighted by Gasteiger charge is 2.39. The lowest BCUT2D eigenvalue weighted by Gasteiger charge is -2.16. The molecule has 2 N–H and O–H groups in total. The van der Waals surface area contributed by atoms with Gasteiger partial charge in [-0.25, -0.2) is 9.69 Å². The van der Waals surface area contributed by atoms with Gasteiger partial charge in [0.15, 0.2) is 0 Å². The number of imide groups is 1. The molecule has 0 spiro atoms. The molecule has 0 saturated heterocycles. The third-order valence-electron chi connectivity index (χ3n) is 5.58. The highest BCUT2D eigenvalue weighted by Crippen LogP contribution is 2.31. The first-order chi connectivity index (χ1) is 18.3. The number of nitrogens with one attached hydrogen (secondary N) is 2. The largest absolute Gasteiger partial charge is 0.495 e. The van der Waals surface area contributed by atoms with Crippen LogP contribution in [0.2, 0.25) is 0 Å². The molecule has 194 valence electrons. The van der Waals surface area contributed by atoms with Crippen molar-refractivity contribution in [1.82, 2.24) is 0 Å². The minimum absolute atomic E-state index is 0.123. The second-order valence-corrected chi connectivity index (χ2v) is 8.56. The van der Waals surface area contributed by atoms with Gasteiger partial charge in [-0.1, -0.05) is 36.7 Å². The number of rotatable bonds is 9. The Morgan fingerprint density at radius 3 is 2.37 bits per heavy atom. The molecular weight excluding hydrogens is 510 g/mol. The van der Waals surface area contributed by atoms with Crippen LogP contribution in [0.4, 0.5) is 17.1 Å². The van der Waals surface area contributed by atoms with Crippen LogP contribution in [-0.2, 0) is 14.3 Å². The minimum Gasteiger partial charge on any atom is -0.495 e. The Morgan fingerprint density at radius 1 is 0.921 bits per heavy atom. The Morgan fingerprint density at radius 2 is 1.66 bits per heavy atom. The van der Waals surface area contributed by atoms with Crippen molar-refractivity contribution in [2.45, 2.75) is 13.3 Å². The van der Waals surface area contributed by atoms with E-state index in [-0.39, 0.29) is 34.5 Å². The fourth-order valence-electron chi connectivity index (χ4n) is 3.69. The molecule has 0 saturated carbocycles. The highest BCUT2D eigenvalue weighted by molar-refractivity contribution is 6.53. The lowest BCUT2D eigenvalue weighted by Crippen LogP contribution is -2.32. The van der Waals surface area contributed by atoms with Crippen molar-refractivity contribution in [1.29, 1.82) is 0 Å². The van der Waals surface area contributed by atoms with Crippen LogP contribution in [-0.4, -0.2) is 37.4 Å². The van der Waals surface area contributed by atoms with Crippen molar-refractivity contribution in [3.8, 4) is 5.75 Å². The van der Waals surface area contributed by atoms with E-state index < -0.39 is 17.8 Å². The summed E-state index contributed by atoms with van der Waals surface area (Å²) in [6.07, 6.45) is 0.663. The topological polar surface area (TPSA) is 114 Å². The molecule has 0 fully saturated rings. The van der Waals surface area contributed by atoms with E-state index in [1.54, 1.807) is 54.6 Å². The lowest BCUT2D eigenvalue weighted by molar-refractivity contribution is -0.120. The maximum atomic E-state index is 13.1. The summed E-state index contributed by atoms with van der Waals surface area (Å²) in [6.45, 7) is 2.13. The number of methoxy groups -OCH3 is 1. The summed E-state index contributed by atoms with van der Waals surface area (Å²) in [7, 11) is 1.51. The zero-order valence-corrected chi connectivity index (χ0v) is 21.4. The van der Waals surface area contributed by atoms with Gasteiger partial charge in [0.2, 0.25) is 0 Å². The number of halogens is 1. The number of esters is 1. The summed E-state index contributed by atoms with van der Waals surface area (Å²) in [5.41, 5.74) is 1.59. The molecule has 4 rings (SSSR count). The van der Waals surface area contributed by atoms with Crippen LogP contribution in [0.5, 0.6) is 5.75 Å². The van der Waals surface area contributed by atoms with E-state index in [1.165, 1.54) is 25.3 Å². The number of hydrogen-bond donors (Lipinski definition) is 2. The number of para-hydroxylation sites is 2. The Bertz CT molecular complexity index is 1430. The van der Waals surface area contributed by atoms with E-state index in [0.29, 0.717) is 29.1 Å². The van der Waals surface area contributed by atoms with E-state index in [0.717, 1.165) is 4.90 Å². The van der Waals surface area contributed by atoms with Gasteiger partial charge in [0, 0.05) is 11.3 Å². The summed E-state index contributed by atoms with van der Waals surface area (Å²) in [6, 6.07) is 19.3. The number of carbonyl (C=O) groups is 4. The molecule has 1 heterocycles. The lowest BCUT2D eigenvalue weighted by atomic mass is 10.1. The van der Waals surface area contributed by atoms with E-state index in [9.17, 15) is 19.2 Å². The quantitative estimate of drug-likeness (QED) is 0.295. The normalized spacial score (nSPS) is 13.0. The average Bonchev–Trinajstić information content (AvgIpc) is 3.15. The predicted octanol–water partition coefficient (Wildman–Crippen LogP) is 4.95. The second-order valence-electron chi connectivity index (χ2n) is 8.18. The van der Waals surface area contributed by atoms with Crippen LogP contribution >= 0.6 is 11.6 Å². The maximum absolute atomic E-state index is 13.1. The van der Waals surface area contributed by atoms with Gasteiger partial charge in [-0.05, 0) is 61.0 Å². The molecular formula is C28H24ClN3O6. The first-order valence-electron chi connectivity index (χ1n) is 11.7. The molecule has 10 heteroatoms. The molecule has 9 nitrogen and oxygen atoms in total. The third kappa shape index (κ3) is 5.52. The van der Waals surface area contributed by atoms with Gasteiger partial charge >= 0.3 is 5.97 Å². The number of benzene rings is 3. The van der Waals surface area contributed by atoms with Crippen molar-refractivity contribution < 1.29 is 28.7 Å². The summed E-state index contributed by atoms with van der Waals surface area (Å²) in [5, 5.41) is 5.35. The number of amides is 3. The van der Waals surface area contributed by atoms with E-state index in [4.69, 9.17) is 21.1 Å². The number of anilines is 3.